The summed E-state index contributed by atoms with van der Waals surface area (Å²) in [6.45, 7) is 17.2. The van der Waals surface area contributed by atoms with E-state index in [0.29, 0.717) is 71.6 Å². The number of anilines is 13. The number of fused-ring (bicyclic) bond motifs is 14. The molecule has 0 bridgehead atoms. The van der Waals surface area contributed by atoms with Crippen molar-refractivity contribution in [3.63, 3.8) is 0 Å². The lowest BCUT2D eigenvalue weighted by atomic mass is 9.90. The van der Waals surface area contributed by atoms with Crippen molar-refractivity contribution >= 4 is 156 Å². The van der Waals surface area contributed by atoms with Gasteiger partial charge in [-0.15, -0.1) is 0 Å². The molecule has 127 heavy (non-hydrogen) atoms. The second-order valence-corrected chi connectivity index (χ2v) is 37.0. The predicted octanol–water partition coefficient (Wildman–Crippen LogP) is 18.5. The number of rotatable bonds is 18. The molecule has 0 unspecified atom stereocenters. The fraction of sp³-hybridized carbons (Fsp3) is 0.340. The van der Waals surface area contributed by atoms with E-state index in [1.54, 1.807) is 0 Å². The first-order valence-electron chi connectivity index (χ1n) is 43.0. The fourth-order valence-electron chi connectivity index (χ4n) is 16.4. The van der Waals surface area contributed by atoms with Crippen LogP contribution in [-0.4, -0.2) is 195 Å². The number of halogens is 1. The lowest BCUT2D eigenvalue weighted by Gasteiger charge is -2.30. The van der Waals surface area contributed by atoms with E-state index in [-0.39, 0.29) is 0 Å². The van der Waals surface area contributed by atoms with Crippen molar-refractivity contribution in [2.45, 2.75) is 138 Å². The van der Waals surface area contributed by atoms with Gasteiger partial charge >= 0.3 is 0 Å². The molecule has 0 saturated heterocycles. The van der Waals surface area contributed by atoms with Gasteiger partial charge in [0, 0.05) is 173 Å². The molecule has 0 spiro atoms. The number of thiocarbonyl (C=S) groups is 4. The van der Waals surface area contributed by atoms with Crippen LogP contribution in [0.2, 0.25) is 5.02 Å². The van der Waals surface area contributed by atoms with Gasteiger partial charge < -0.3 is 67.0 Å². The third-order valence-electron chi connectivity index (χ3n) is 23.6. The maximum absolute atomic E-state index is 6.19. The topological polar surface area (TPSA) is 267 Å². The molecule has 18 rings (SSSR count). The molecule has 2 atom stereocenters. The third-order valence-corrected chi connectivity index (χ3v) is 24.8. The molecule has 30 heteroatoms. The summed E-state index contributed by atoms with van der Waals surface area (Å²) in [7, 11) is 19.0. The van der Waals surface area contributed by atoms with Crippen LogP contribution in [0.25, 0.3) is 45.0 Å². The van der Waals surface area contributed by atoms with Crippen molar-refractivity contribution in [3.05, 3.63) is 229 Å². The Kier molecular flexibility index (Phi) is 28.3. The van der Waals surface area contributed by atoms with Crippen molar-refractivity contribution in [3.8, 4) is 45.0 Å². The zero-order chi connectivity index (χ0) is 89.6. The van der Waals surface area contributed by atoms with Gasteiger partial charge in [0.05, 0.1) is 88.3 Å². The number of likely N-dealkylation sites (N-methyl/N-ethyl adjacent to an activating group) is 4. The van der Waals surface area contributed by atoms with Gasteiger partial charge in [0.1, 0.15) is 5.82 Å². The lowest BCUT2D eigenvalue weighted by molar-refractivity contribution is 0.266. The molecule has 654 valence electrons. The Morgan fingerprint density at radius 3 is 1.13 bits per heavy atom. The van der Waals surface area contributed by atoms with Crippen LogP contribution >= 0.6 is 60.5 Å². The summed E-state index contributed by atoms with van der Waals surface area (Å²) >= 11 is 28.2. The molecular formula is C97H110ClN25S4. The summed E-state index contributed by atoms with van der Waals surface area (Å²) in [5, 5.41) is 27.6. The molecule has 0 amide bonds. The quantitative estimate of drug-likeness (QED) is 0.0371. The first-order chi connectivity index (χ1) is 60.9. The molecule has 8 N–H and O–H groups in total. The van der Waals surface area contributed by atoms with E-state index in [0.717, 1.165) is 227 Å². The predicted molar refractivity (Wildman–Crippen MR) is 536 cm³/mol. The molecule has 25 nitrogen and oxygen atoms in total. The largest absolute Gasteiger partial charge is 0.358 e. The molecule has 6 aliphatic rings. The SMILES string of the molecule is Cc1ccc2c(c1)NC(=S)Cc1cnc(Nc3cc(CCCN(C)C)cnc3C)nc1-2.Cc1ccc2c(c1)NC(=S)Cc1cnc(Nc3cc4c(nc3C)CC[C@@H](N(C)C)C4)nc1-2.Cc1ccc2c(c1)NC(=S)Cc1cnc(Nc3cc4c(nc3C)CC[C@H](N(C)C)C4)nc1-2.Cc1nc(N(C)CCN(C)C)ccc1Nc1ncc2c(n1)-c1ccc(Cl)cc1NC(=S)C2. The van der Waals surface area contributed by atoms with Crippen LogP contribution in [0.5, 0.6) is 0 Å². The Morgan fingerprint density at radius 1 is 0.370 bits per heavy atom. The summed E-state index contributed by atoms with van der Waals surface area (Å²) in [6.07, 6.45) is 20.4. The van der Waals surface area contributed by atoms with Crippen LogP contribution < -0.4 is 47.4 Å². The van der Waals surface area contributed by atoms with Crippen molar-refractivity contribution in [2.24, 2.45) is 0 Å². The van der Waals surface area contributed by atoms with Crippen molar-refractivity contribution < 1.29 is 0 Å². The number of benzene rings is 4. The maximum atomic E-state index is 6.19. The first kappa shape index (κ1) is 90.3. The van der Waals surface area contributed by atoms with Crippen LogP contribution in [0.15, 0.2) is 134 Å². The fourth-order valence-corrected chi connectivity index (χ4v) is 17.7. The van der Waals surface area contributed by atoms with Crippen LogP contribution in [0.1, 0.15) is 109 Å². The lowest BCUT2D eigenvalue weighted by Crippen LogP contribution is -2.34. The molecule has 0 radical (unpaired) electrons. The summed E-state index contributed by atoms with van der Waals surface area (Å²) in [5.74, 6) is 3.16. The number of pyridine rings is 4. The number of hydrogen-bond donors (Lipinski definition) is 8. The normalized spacial score (nSPS) is 14.9. The minimum absolute atomic E-state index is 0.510. The van der Waals surface area contributed by atoms with Crippen molar-refractivity contribution in [1.29, 1.82) is 0 Å². The second kappa shape index (κ2) is 39.8. The maximum Gasteiger partial charge on any atom is 0.227 e. The number of nitrogens with zero attached hydrogens (tertiary/aromatic N) is 17. The highest BCUT2D eigenvalue weighted by atomic mass is 35.5. The molecule has 4 aromatic carbocycles. The third kappa shape index (κ3) is 22.2. The van der Waals surface area contributed by atoms with E-state index >= 15 is 0 Å². The van der Waals surface area contributed by atoms with E-state index in [9.17, 15) is 0 Å². The van der Waals surface area contributed by atoms with Crippen LogP contribution in [0, 0.1) is 48.5 Å². The Morgan fingerprint density at radius 2 is 0.740 bits per heavy atom. The summed E-state index contributed by atoms with van der Waals surface area (Å²) in [6, 6.07) is 36.4. The number of hydrogen-bond acceptors (Lipinski definition) is 25. The second-order valence-electron chi connectivity index (χ2n) is 34.6. The van der Waals surface area contributed by atoms with E-state index in [1.165, 1.54) is 44.8 Å². The van der Waals surface area contributed by atoms with Crippen molar-refractivity contribution in [1.82, 2.24) is 79.4 Å². The monoisotopic (exact) mass is 1790 g/mol. The molecule has 2 aliphatic carbocycles. The van der Waals surface area contributed by atoms with Crippen LogP contribution in [-0.2, 0) is 57.8 Å². The van der Waals surface area contributed by atoms with E-state index in [1.807, 2.05) is 89.0 Å². The number of nitrogens with one attached hydrogen (secondary N) is 8. The van der Waals surface area contributed by atoms with Gasteiger partial charge in [-0.05, 0) is 263 Å². The van der Waals surface area contributed by atoms with Gasteiger partial charge in [-0.3, -0.25) is 15.0 Å². The van der Waals surface area contributed by atoms with Gasteiger partial charge in [-0.2, -0.15) is 0 Å². The molecule has 12 heterocycles. The average Bonchev–Trinajstić information content (AvgIpc) is 1.72. The highest BCUT2D eigenvalue weighted by Crippen LogP contribution is 2.41. The Labute approximate surface area is 771 Å². The zero-order valence-electron chi connectivity index (χ0n) is 75.1. The zero-order valence-corrected chi connectivity index (χ0v) is 79.1. The van der Waals surface area contributed by atoms with Gasteiger partial charge in [0.15, 0.2) is 0 Å². The Balaban J connectivity index is 0.000000130. The molecule has 0 fully saturated rings. The van der Waals surface area contributed by atoms with Gasteiger partial charge in [-0.25, -0.2) is 44.9 Å². The highest BCUT2D eigenvalue weighted by Gasteiger charge is 2.29. The van der Waals surface area contributed by atoms with Crippen LogP contribution in [0.3, 0.4) is 0 Å². The van der Waals surface area contributed by atoms with E-state index < -0.39 is 0 Å². The minimum atomic E-state index is 0.510. The molecule has 4 aliphatic heterocycles. The summed E-state index contributed by atoms with van der Waals surface area (Å²) in [4.78, 5) is 71.1. The van der Waals surface area contributed by atoms with Gasteiger partial charge in [-0.1, -0.05) is 96.9 Å². The van der Waals surface area contributed by atoms with E-state index in [4.69, 9.17) is 95.4 Å². The standard InChI is InChI=1S/2C25H28N6S.C24H28N6S.C23H26ClN7S/c2*1-14-5-7-19-22(9-14)28-23(32)12-17-13-26-25(30-24(17)19)29-21-11-16-10-18(31(3)4)6-8-20(16)27-15(21)2;1-15-7-8-19-21(10-15)27-22(31)12-18-14-26-24(29-23(18)19)28-20-11-17(13-25-16(20)2)6-5-9-30(3)4;1-14-18(7-8-20(26-14)31(4)10-9-30(2)3)28-23-25-13-15-11-21(32)27-19-12-16(24)5-6-17(19)22(15)29-23/h2*5,7,9,11,13,18H,6,8,10,12H2,1-4H3,(H,28,32)(H,26,29,30);7-8,10-11,13-14H,5-6,9,12H2,1-4H3,(H,27,31)(H,26,28,29);5-8,12-13H,9-11H2,1-4H3,(H,27,32)(H,25,28,29)/t2*18-;;/m10../s1. The van der Waals surface area contributed by atoms with Crippen LogP contribution in [0.4, 0.5) is 75.1 Å². The first-order valence-corrected chi connectivity index (χ1v) is 45.0. The van der Waals surface area contributed by atoms with Gasteiger partial charge in [0.2, 0.25) is 23.8 Å². The van der Waals surface area contributed by atoms with E-state index in [2.05, 4.69) is 249 Å². The molecular weight excluding hydrogens is 1680 g/mol. The number of aromatic nitrogens is 12. The minimum Gasteiger partial charge on any atom is -0.358 e. The molecule has 0 saturated carbocycles. The Bertz CT molecular complexity index is 6020. The summed E-state index contributed by atoms with van der Waals surface area (Å²) in [5.41, 5.74) is 32.9. The summed E-state index contributed by atoms with van der Waals surface area (Å²) < 4.78 is 0. The average molecular weight is 1790 g/mol. The Hall–Kier alpha value is -11.5. The highest BCUT2D eigenvalue weighted by molar-refractivity contribution is 7.81. The van der Waals surface area contributed by atoms with Crippen molar-refractivity contribution in [2.75, 3.05) is 130 Å². The number of aryl methyl sites for hydroxylation is 10. The molecule has 12 aromatic rings. The molecule has 8 aromatic heterocycles. The van der Waals surface area contributed by atoms with Gasteiger partial charge in [0.25, 0.3) is 0 Å². The smallest absolute Gasteiger partial charge is 0.227 e.